The number of allylic oxidation sites excluding steroid dienone is 1. The number of hydrogen-bond acceptors (Lipinski definition) is 5. The van der Waals surface area contributed by atoms with Gasteiger partial charge in [-0.3, -0.25) is 9.59 Å². The minimum Gasteiger partial charge on any atom is -0.337 e. The average Bonchev–Trinajstić information content (AvgIpc) is 2.91. The van der Waals surface area contributed by atoms with Gasteiger partial charge in [-0.15, -0.1) is 0 Å². The van der Waals surface area contributed by atoms with E-state index in [-0.39, 0.29) is 5.41 Å². The zero-order valence-corrected chi connectivity index (χ0v) is 15.7. The summed E-state index contributed by atoms with van der Waals surface area (Å²) in [4.78, 5) is 24.3. The van der Waals surface area contributed by atoms with E-state index in [9.17, 15) is 24.9 Å². The van der Waals surface area contributed by atoms with Gasteiger partial charge in [0.25, 0.3) is 0 Å². The third-order valence-corrected chi connectivity index (χ3v) is 8.61. The Labute approximate surface area is 154 Å². The maximum absolute atomic E-state index is 12.4. The minimum atomic E-state index is -3.28. The number of hydrogen-bond donors (Lipinski definition) is 3. The highest BCUT2D eigenvalue weighted by atomic mass is 16.7. The molecule has 3 fully saturated rings. The van der Waals surface area contributed by atoms with E-state index < -0.39 is 17.2 Å². The van der Waals surface area contributed by atoms with Crippen LogP contribution in [0.3, 0.4) is 0 Å². The predicted octanol–water partition coefficient (Wildman–Crippen LogP) is 2.33. The fourth-order valence-corrected chi connectivity index (χ4v) is 7.15. The van der Waals surface area contributed by atoms with Gasteiger partial charge < -0.3 is 15.3 Å². The SMILES string of the molecule is C[C@]12CCC(=O)CC1CC[C@@H]1[C@@H]2CC[C@]2(C)C(C(=O)C(O)(O)O)=CC[C@@H]12. The van der Waals surface area contributed by atoms with Crippen LogP contribution in [0.2, 0.25) is 0 Å². The first-order valence-electron chi connectivity index (χ1n) is 10.0. The zero-order chi connectivity index (χ0) is 18.9. The Morgan fingerprint density at radius 2 is 1.85 bits per heavy atom. The molecular formula is C21H30O5. The molecule has 3 saturated carbocycles. The van der Waals surface area contributed by atoms with Crippen molar-refractivity contribution in [3.05, 3.63) is 11.6 Å². The van der Waals surface area contributed by atoms with Crippen molar-refractivity contribution < 1.29 is 24.9 Å². The van der Waals surface area contributed by atoms with Gasteiger partial charge in [-0.05, 0) is 73.0 Å². The van der Waals surface area contributed by atoms with Crippen molar-refractivity contribution in [3.63, 3.8) is 0 Å². The molecule has 6 atom stereocenters. The van der Waals surface area contributed by atoms with E-state index >= 15 is 0 Å². The van der Waals surface area contributed by atoms with Crippen molar-refractivity contribution in [2.75, 3.05) is 0 Å². The van der Waals surface area contributed by atoms with E-state index in [1.807, 2.05) is 6.08 Å². The van der Waals surface area contributed by atoms with E-state index in [1.165, 1.54) is 0 Å². The first kappa shape index (κ1) is 18.3. The first-order valence-corrected chi connectivity index (χ1v) is 10.0. The lowest BCUT2D eigenvalue weighted by Gasteiger charge is -2.60. The number of carbonyl (C=O) groups excluding carboxylic acids is 2. The molecule has 5 nitrogen and oxygen atoms in total. The van der Waals surface area contributed by atoms with Gasteiger partial charge in [0.15, 0.2) is 0 Å². The molecule has 1 unspecified atom stereocenters. The summed E-state index contributed by atoms with van der Waals surface area (Å²) in [6.45, 7) is 4.42. The lowest BCUT2D eigenvalue weighted by atomic mass is 9.44. The maximum Gasteiger partial charge on any atom is 0.343 e. The number of aliphatic hydroxyl groups is 3. The van der Waals surface area contributed by atoms with Gasteiger partial charge in [-0.25, -0.2) is 0 Å². The Kier molecular flexibility index (Phi) is 4.04. The van der Waals surface area contributed by atoms with E-state index in [4.69, 9.17) is 0 Å². The second-order valence-corrected chi connectivity index (χ2v) is 9.67. The minimum absolute atomic E-state index is 0.208. The maximum atomic E-state index is 12.4. The Hall–Kier alpha value is -1.04. The molecule has 144 valence electrons. The zero-order valence-electron chi connectivity index (χ0n) is 15.7. The molecule has 0 radical (unpaired) electrons. The van der Waals surface area contributed by atoms with Gasteiger partial charge in [0.1, 0.15) is 5.78 Å². The van der Waals surface area contributed by atoms with Gasteiger partial charge in [0.2, 0.25) is 5.78 Å². The van der Waals surface area contributed by atoms with Crippen LogP contribution in [0.4, 0.5) is 0 Å². The summed E-state index contributed by atoms with van der Waals surface area (Å²) >= 11 is 0. The molecular weight excluding hydrogens is 332 g/mol. The highest BCUT2D eigenvalue weighted by molar-refractivity contribution is 6.01. The van der Waals surface area contributed by atoms with Crippen molar-refractivity contribution in [2.45, 2.75) is 71.2 Å². The van der Waals surface area contributed by atoms with Crippen LogP contribution in [0.25, 0.3) is 0 Å². The molecule has 0 aromatic heterocycles. The smallest absolute Gasteiger partial charge is 0.337 e. The molecule has 26 heavy (non-hydrogen) atoms. The van der Waals surface area contributed by atoms with Crippen molar-refractivity contribution in [1.82, 2.24) is 0 Å². The van der Waals surface area contributed by atoms with Gasteiger partial charge >= 0.3 is 5.97 Å². The lowest BCUT2D eigenvalue weighted by molar-refractivity contribution is -0.285. The van der Waals surface area contributed by atoms with Gasteiger partial charge in [-0.2, -0.15) is 0 Å². The lowest BCUT2D eigenvalue weighted by Crippen LogP contribution is -2.54. The highest BCUT2D eigenvalue weighted by Crippen LogP contribution is 2.66. The summed E-state index contributed by atoms with van der Waals surface area (Å²) in [5, 5.41) is 28.2. The quantitative estimate of drug-likeness (QED) is 0.656. The van der Waals surface area contributed by atoms with E-state index in [0.717, 1.165) is 44.9 Å². The van der Waals surface area contributed by atoms with Crippen LogP contribution in [-0.4, -0.2) is 32.9 Å². The largest absolute Gasteiger partial charge is 0.343 e. The summed E-state index contributed by atoms with van der Waals surface area (Å²) < 4.78 is 0. The molecule has 4 rings (SSSR count). The van der Waals surface area contributed by atoms with Crippen LogP contribution in [0, 0.1) is 34.5 Å². The fraction of sp³-hybridized carbons (Fsp3) is 0.810. The van der Waals surface area contributed by atoms with E-state index in [0.29, 0.717) is 41.4 Å². The molecule has 0 aromatic rings. The van der Waals surface area contributed by atoms with Crippen LogP contribution in [0.5, 0.6) is 0 Å². The summed E-state index contributed by atoms with van der Waals surface area (Å²) in [7, 11) is 0. The summed E-state index contributed by atoms with van der Waals surface area (Å²) in [6, 6.07) is 0. The Balaban J connectivity index is 1.61. The molecule has 3 N–H and O–H groups in total. The van der Waals surface area contributed by atoms with Crippen molar-refractivity contribution in [1.29, 1.82) is 0 Å². The number of Topliss-reactive ketones (excluding diaryl/α,β-unsaturated/α-hetero) is 2. The van der Waals surface area contributed by atoms with Crippen LogP contribution in [0.1, 0.15) is 65.2 Å². The van der Waals surface area contributed by atoms with Crippen LogP contribution < -0.4 is 0 Å². The second-order valence-electron chi connectivity index (χ2n) is 9.67. The molecule has 5 heteroatoms. The van der Waals surface area contributed by atoms with Gasteiger partial charge in [0.05, 0.1) is 0 Å². The molecule has 4 aliphatic rings. The summed E-state index contributed by atoms with van der Waals surface area (Å²) in [6.07, 6.45) is 8.96. The average molecular weight is 362 g/mol. The van der Waals surface area contributed by atoms with Crippen molar-refractivity contribution in [3.8, 4) is 0 Å². The molecule has 0 bridgehead atoms. The Bertz CT molecular complexity index is 674. The number of fused-ring (bicyclic) bond motifs is 5. The van der Waals surface area contributed by atoms with Crippen molar-refractivity contribution >= 4 is 11.6 Å². The number of ketones is 2. The second kappa shape index (κ2) is 5.73. The Morgan fingerprint density at radius 3 is 2.54 bits per heavy atom. The fourth-order valence-electron chi connectivity index (χ4n) is 7.15. The standard InChI is InChI=1S/C21H30O5/c1-19-9-7-13(22)11-12(19)3-4-14-15-5-6-17(18(23)21(24,25)26)20(15,2)10-8-16(14)19/h6,12,14-16,24-26H,3-5,7-11H2,1-2H3/t12?,14-,15-,16-,19-,20-/m0/s1. The molecule has 0 saturated heterocycles. The molecule has 0 aromatic carbocycles. The third-order valence-electron chi connectivity index (χ3n) is 8.61. The van der Waals surface area contributed by atoms with Crippen molar-refractivity contribution in [2.24, 2.45) is 34.5 Å². The Morgan fingerprint density at radius 1 is 1.12 bits per heavy atom. The van der Waals surface area contributed by atoms with Crippen LogP contribution in [-0.2, 0) is 9.59 Å². The van der Waals surface area contributed by atoms with Gasteiger partial charge in [-0.1, -0.05) is 19.9 Å². The van der Waals surface area contributed by atoms with Crippen LogP contribution >= 0.6 is 0 Å². The van der Waals surface area contributed by atoms with E-state index in [1.54, 1.807) is 0 Å². The predicted molar refractivity (Wildman–Crippen MR) is 94.6 cm³/mol. The molecule has 0 aliphatic heterocycles. The molecule has 0 heterocycles. The molecule has 4 aliphatic carbocycles. The number of carbonyl (C=O) groups is 2. The number of rotatable bonds is 2. The van der Waals surface area contributed by atoms with Gasteiger partial charge in [0, 0.05) is 18.4 Å². The normalized spacial score (nSPS) is 45.4. The van der Waals surface area contributed by atoms with E-state index in [2.05, 4.69) is 13.8 Å². The van der Waals surface area contributed by atoms with Crippen LogP contribution in [0.15, 0.2) is 11.6 Å². The third kappa shape index (κ3) is 2.47. The summed E-state index contributed by atoms with van der Waals surface area (Å²) in [5.74, 6) is -1.99. The highest BCUT2D eigenvalue weighted by Gasteiger charge is 2.60. The topological polar surface area (TPSA) is 94.8 Å². The monoisotopic (exact) mass is 362 g/mol. The molecule has 0 spiro atoms. The molecule has 0 amide bonds. The first-order chi connectivity index (χ1) is 12.1. The summed E-state index contributed by atoms with van der Waals surface area (Å²) in [5.41, 5.74) is 0.199.